The van der Waals surface area contributed by atoms with E-state index in [1.165, 1.54) is 16.8 Å². The van der Waals surface area contributed by atoms with Crippen molar-refractivity contribution in [1.82, 2.24) is 20.2 Å². The maximum atomic E-state index is 11.1. The standard InChI is InChI=1S/C10H9N7O4S/c1-2-9(11)15-10(12-13-14-15)22-8-4-3-6(16(18)19)5-7(8)17(20)21/h2-5,9H,1,11H2. The fourth-order valence-corrected chi connectivity index (χ4v) is 2.39. The van der Waals surface area contributed by atoms with Gasteiger partial charge in [-0.15, -0.1) is 5.10 Å². The Hall–Kier alpha value is -2.86. The number of tetrazole rings is 1. The lowest BCUT2D eigenvalue weighted by Crippen LogP contribution is -2.18. The van der Waals surface area contributed by atoms with Crippen LogP contribution in [-0.2, 0) is 0 Å². The summed E-state index contributed by atoms with van der Waals surface area (Å²) >= 11 is 0.875. The summed E-state index contributed by atoms with van der Waals surface area (Å²) < 4.78 is 1.23. The van der Waals surface area contributed by atoms with Crippen LogP contribution in [0.4, 0.5) is 11.4 Å². The van der Waals surface area contributed by atoms with Gasteiger partial charge in [-0.05, 0) is 28.3 Å². The van der Waals surface area contributed by atoms with Crippen molar-refractivity contribution in [3.63, 3.8) is 0 Å². The maximum absolute atomic E-state index is 11.1. The number of benzene rings is 1. The number of hydrogen-bond donors (Lipinski definition) is 1. The molecular weight excluding hydrogens is 314 g/mol. The molecule has 114 valence electrons. The first-order chi connectivity index (χ1) is 10.4. The number of rotatable bonds is 6. The molecule has 11 nitrogen and oxygen atoms in total. The normalized spacial score (nSPS) is 11.9. The van der Waals surface area contributed by atoms with E-state index in [2.05, 4.69) is 22.1 Å². The largest absolute Gasteiger partial charge is 0.306 e. The van der Waals surface area contributed by atoms with Crippen molar-refractivity contribution >= 4 is 23.1 Å². The Morgan fingerprint density at radius 1 is 1.36 bits per heavy atom. The van der Waals surface area contributed by atoms with Gasteiger partial charge in [-0.2, -0.15) is 4.68 Å². The van der Waals surface area contributed by atoms with Crippen LogP contribution in [0.1, 0.15) is 6.17 Å². The third kappa shape index (κ3) is 3.07. The van der Waals surface area contributed by atoms with Crippen molar-refractivity contribution in [3.05, 3.63) is 51.1 Å². The van der Waals surface area contributed by atoms with E-state index in [4.69, 9.17) is 5.73 Å². The summed E-state index contributed by atoms with van der Waals surface area (Å²) in [6.07, 6.45) is 0.694. The molecule has 0 fully saturated rings. The average Bonchev–Trinajstić information content (AvgIpc) is 2.94. The van der Waals surface area contributed by atoms with Gasteiger partial charge in [0.2, 0.25) is 5.16 Å². The van der Waals surface area contributed by atoms with Crippen LogP contribution < -0.4 is 5.73 Å². The molecular formula is C10H9N7O4S. The molecule has 0 saturated carbocycles. The van der Waals surface area contributed by atoms with Gasteiger partial charge in [0.15, 0.2) is 0 Å². The lowest BCUT2D eigenvalue weighted by Gasteiger charge is -2.08. The zero-order valence-corrected chi connectivity index (χ0v) is 11.7. The number of non-ortho nitro benzene ring substituents is 1. The summed E-state index contributed by atoms with van der Waals surface area (Å²) in [5, 5.41) is 32.8. The van der Waals surface area contributed by atoms with E-state index < -0.39 is 21.7 Å². The van der Waals surface area contributed by atoms with E-state index in [0.29, 0.717) is 0 Å². The van der Waals surface area contributed by atoms with Gasteiger partial charge in [-0.3, -0.25) is 20.2 Å². The van der Waals surface area contributed by atoms with Crippen LogP contribution in [0.2, 0.25) is 0 Å². The van der Waals surface area contributed by atoms with E-state index in [9.17, 15) is 20.2 Å². The van der Waals surface area contributed by atoms with Crippen LogP contribution in [0.15, 0.2) is 40.9 Å². The Balaban J connectivity index is 2.42. The zero-order chi connectivity index (χ0) is 16.3. The lowest BCUT2D eigenvalue weighted by molar-refractivity contribution is -0.396. The number of nitro benzene ring substituents is 2. The molecule has 0 saturated heterocycles. The third-order valence-corrected chi connectivity index (χ3v) is 3.55. The first-order valence-electron chi connectivity index (χ1n) is 5.70. The van der Waals surface area contributed by atoms with E-state index in [0.717, 1.165) is 23.9 Å². The summed E-state index contributed by atoms with van der Waals surface area (Å²) in [7, 11) is 0. The highest BCUT2D eigenvalue weighted by Crippen LogP contribution is 2.36. The average molecular weight is 323 g/mol. The SMILES string of the molecule is C=CC(N)n1nnnc1Sc1ccc([N+](=O)[O-])cc1[N+](=O)[O-]. The van der Waals surface area contributed by atoms with Crippen LogP contribution in [0.3, 0.4) is 0 Å². The summed E-state index contributed by atoms with van der Waals surface area (Å²) in [5.74, 6) is 0. The minimum atomic E-state index is -0.711. The number of nitro groups is 2. The predicted molar refractivity (Wildman–Crippen MR) is 75.1 cm³/mol. The van der Waals surface area contributed by atoms with Crippen LogP contribution >= 0.6 is 11.8 Å². The van der Waals surface area contributed by atoms with Gasteiger partial charge in [0, 0.05) is 6.07 Å². The van der Waals surface area contributed by atoms with Crippen molar-refractivity contribution in [2.75, 3.05) is 0 Å². The van der Waals surface area contributed by atoms with E-state index in [1.807, 2.05) is 0 Å². The first kappa shape index (κ1) is 15.5. The van der Waals surface area contributed by atoms with Crippen molar-refractivity contribution in [2.45, 2.75) is 16.2 Å². The van der Waals surface area contributed by atoms with Gasteiger partial charge >= 0.3 is 0 Å². The highest BCUT2D eigenvalue weighted by Gasteiger charge is 2.22. The molecule has 0 spiro atoms. The lowest BCUT2D eigenvalue weighted by atomic mass is 10.3. The number of hydrogen-bond acceptors (Lipinski definition) is 9. The highest BCUT2D eigenvalue weighted by atomic mass is 32.2. The molecule has 1 heterocycles. The van der Waals surface area contributed by atoms with Gasteiger partial charge in [-0.1, -0.05) is 12.7 Å². The van der Waals surface area contributed by atoms with Crippen molar-refractivity contribution in [2.24, 2.45) is 5.73 Å². The molecule has 2 rings (SSSR count). The van der Waals surface area contributed by atoms with Crippen LogP contribution in [-0.4, -0.2) is 30.1 Å². The summed E-state index contributed by atoms with van der Waals surface area (Å²) in [4.78, 5) is 20.5. The van der Waals surface area contributed by atoms with Crippen LogP contribution in [0, 0.1) is 20.2 Å². The Labute approximate surface area is 127 Å². The smallest absolute Gasteiger partial charge is 0.290 e. The van der Waals surface area contributed by atoms with Crippen LogP contribution in [0.25, 0.3) is 0 Å². The minimum absolute atomic E-state index is 0.155. The molecule has 0 bridgehead atoms. The second-order valence-corrected chi connectivity index (χ2v) is 4.91. The monoisotopic (exact) mass is 323 g/mol. The van der Waals surface area contributed by atoms with Crippen molar-refractivity contribution in [1.29, 1.82) is 0 Å². The summed E-state index contributed by atoms with van der Waals surface area (Å²) in [6, 6.07) is 3.31. The molecule has 0 amide bonds. The minimum Gasteiger partial charge on any atom is -0.306 e. The van der Waals surface area contributed by atoms with E-state index in [-0.39, 0.29) is 15.7 Å². The Morgan fingerprint density at radius 2 is 2.09 bits per heavy atom. The molecule has 1 aromatic heterocycles. The second-order valence-electron chi connectivity index (χ2n) is 3.90. The molecule has 2 N–H and O–H groups in total. The molecule has 1 atom stereocenters. The first-order valence-corrected chi connectivity index (χ1v) is 6.52. The van der Waals surface area contributed by atoms with Crippen molar-refractivity contribution in [3.8, 4) is 0 Å². The molecule has 1 unspecified atom stereocenters. The van der Waals surface area contributed by atoms with Crippen LogP contribution in [0.5, 0.6) is 0 Å². The number of nitrogens with two attached hydrogens (primary N) is 1. The van der Waals surface area contributed by atoms with Gasteiger partial charge in [0.25, 0.3) is 11.4 Å². The molecule has 0 aliphatic carbocycles. The molecule has 1 aromatic carbocycles. The van der Waals surface area contributed by atoms with Gasteiger partial charge in [0.05, 0.1) is 20.8 Å². The zero-order valence-electron chi connectivity index (χ0n) is 10.9. The molecule has 0 aliphatic rings. The summed E-state index contributed by atoms with van der Waals surface area (Å²) in [5.41, 5.74) is 4.93. The predicted octanol–water partition coefficient (Wildman–Crippen LogP) is 1.28. The molecule has 0 radical (unpaired) electrons. The molecule has 0 aliphatic heterocycles. The fraction of sp³-hybridized carbons (Fsp3) is 0.100. The Bertz CT molecular complexity index is 747. The third-order valence-electron chi connectivity index (χ3n) is 2.54. The molecule has 12 heteroatoms. The Morgan fingerprint density at radius 3 is 2.68 bits per heavy atom. The Kier molecular flexibility index (Phi) is 4.43. The quantitative estimate of drug-likeness (QED) is 0.469. The maximum Gasteiger partial charge on any atom is 0.290 e. The van der Waals surface area contributed by atoms with Gasteiger partial charge in [-0.25, -0.2) is 0 Å². The highest BCUT2D eigenvalue weighted by molar-refractivity contribution is 7.99. The molecule has 2 aromatic rings. The summed E-state index contributed by atoms with van der Waals surface area (Å²) in [6.45, 7) is 3.51. The number of aromatic nitrogens is 4. The van der Waals surface area contributed by atoms with Gasteiger partial charge in [0.1, 0.15) is 6.17 Å². The van der Waals surface area contributed by atoms with E-state index >= 15 is 0 Å². The van der Waals surface area contributed by atoms with Crippen molar-refractivity contribution < 1.29 is 9.85 Å². The second kappa shape index (κ2) is 6.28. The fourth-order valence-electron chi connectivity index (χ4n) is 1.49. The van der Waals surface area contributed by atoms with Gasteiger partial charge < -0.3 is 5.73 Å². The van der Waals surface area contributed by atoms with E-state index in [1.54, 1.807) is 0 Å². The number of nitrogens with zero attached hydrogens (tertiary/aromatic N) is 6. The topological polar surface area (TPSA) is 156 Å². The molecule has 22 heavy (non-hydrogen) atoms.